The van der Waals surface area contributed by atoms with Gasteiger partial charge in [0.25, 0.3) is 5.69 Å². The molecule has 0 amide bonds. The summed E-state index contributed by atoms with van der Waals surface area (Å²) in [7, 11) is 6.16. The molecule has 0 bridgehead atoms. The number of nitrogens with zero attached hydrogens (tertiary/aromatic N) is 7. The summed E-state index contributed by atoms with van der Waals surface area (Å²) in [5.41, 5.74) is 13.9. The number of anilines is 1. The van der Waals surface area contributed by atoms with Crippen LogP contribution in [0.4, 0.5) is 22.7 Å². The first kappa shape index (κ1) is 33.1. The molecular formula is C32H28N8O2P2. The third kappa shape index (κ3) is 8.80. The monoisotopic (exact) mass is 618 g/mol. The van der Waals surface area contributed by atoms with Crippen LogP contribution in [0.5, 0.6) is 0 Å². The highest BCUT2D eigenvalue weighted by molar-refractivity contribution is 7.05. The number of non-ortho nitro benzene ring substituents is 1. The third-order valence-electron chi connectivity index (χ3n) is 6.39. The number of hydrogen-bond donors (Lipinski definition) is 1. The maximum absolute atomic E-state index is 10.3. The average molecular weight is 619 g/mol. The van der Waals surface area contributed by atoms with Crippen molar-refractivity contribution in [3.63, 3.8) is 0 Å². The Bertz CT molecular complexity index is 1860. The molecule has 12 heteroatoms. The Morgan fingerprint density at radius 1 is 0.773 bits per heavy atom. The van der Waals surface area contributed by atoms with E-state index in [4.69, 9.17) is 18.9 Å². The second-order valence-electron chi connectivity index (χ2n) is 9.32. The Balaban J connectivity index is 0.000000161. The second kappa shape index (κ2) is 16.3. The summed E-state index contributed by atoms with van der Waals surface area (Å²) in [4.78, 5) is 24.8. The smallest absolute Gasteiger partial charge is 0.267 e. The molecule has 0 atom stereocenters. The Labute approximate surface area is 260 Å². The van der Waals surface area contributed by atoms with Gasteiger partial charge in [-0.2, -0.15) is 0 Å². The molecule has 0 aromatic heterocycles. The van der Waals surface area contributed by atoms with Crippen LogP contribution in [0.1, 0.15) is 33.4 Å². The minimum Gasteiger partial charge on any atom is -0.399 e. The van der Waals surface area contributed by atoms with Crippen LogP contribution in [0.25, 0.3) is 9.69 Å². The van der Waals surface area contributed by atoms with E-state index in [1.165, 1.54) is 23.8 Å². The molecular weight excluding hydrogens is 590 g/mol. The van der Waals surface area contributed by atoms with Crippen LogP contribution in [0.3, 0.4) is 0 Å². The minimum absolute atomic E-state index is 0.0277. The molecule has 4 aromatic carbocycles. The molecule has 0 fully saturated rings. The lowest BCUT2D eigenvalue weighted by Crippen LogP contribution is -1.94. The van der Waals surface area contributed by atoms with E-state index in [0.29, 0.717) is 17.8 Å². The molecule has 0 spiro atoms. The maximum Gasteiger partial charge on any atom is 0.267 e. The number of fused-ring (bicyclic) bond motifs is 2. The van der Waals surface area contributed by atoms with Gasteiger partial charge in [-0.05, 0) is 78.4 Å². The Morgan fingerprint density at radius 3 is 1.91 bits per heavy atom. The van der Waals surface area contributed by atoms with Crippen molar-refractivity contribution in [2.45, 2.75) is 26.9 Å². The lowest BCUT2D eigenvalue weighted by molar-refractivity contribution is -0.384. The van der Waals surface area contributed by atoms with Gasteiger partial charge < -0.3 is 5.73 Å². The number of aliphatic imine (C=N–C) groups is 2. The van der Waals surface area contributed by atoms with E-state index in [1.54, 1.807) is 6.92 Å². The highest BCUT2D eigenvalue weighted by atomic mass is 31.0. The van der Waals surface area contributed by atoms with Gasteiger partial charge in [-0.15, -0.1) is 0 Å². The first-order chi connectivity index (χ1) is 21.2. The van der Waals surface area contributed by atoms with Crippen LogP contribution < -0.4 is 5.73 Å². The number of benzene rings is 4. The van der Waals surface area contributed by atoms with Crippen molar-refractivity contribution in [2.24, 2.45) is 19.5 Å². The highest BCUT2D eigenvalue weighted by Gasteiger charge is 2.14. The molecule has 4 aromatic rings. The first-order valence-electron chi connectivity index (χ1n) is 13.1. The lowest BCUT2D eigenvalue weighted by Gasteiger charge is -1.98. The zero-order chi connectivity index (χ0) is 32.1. The van der Waals surface area contributed by atoms with E-state index >= 15 is 0 Å². The number of para-hydroxylation sites is 1. The molecule has 44 heavy (non-hydrogen) atoms. The molecule has 0 radical (unpaired) electrons. The molecule has 0 unspecified atom stereocenters. The number of rotatable bonds is 1. The third-order valence-corrected chi connectivity index (χ3v) is 6.81. The summed E-state index contributed by atoms with van der Waals surface area (Å²) in [5.74, 6) is 1.55. The van der Waals surface area contributed by atoms with Crippen LogP contribution in [-0.2, 0) is 13.1 Å². The maximum atomic E-state index is 10.3. The summed E-state index contributed by atoms with van der Waals surface area (Å²) >= 11 is 0. The molecule has 6 rings (SSSR count). The number of nitro groups is 1. The molecule has 0 saturated heterocycles. The molecule has 0 saturated carbocycles. The number of amidine groups is 2. The number of hydrogen-bond acceptors (Lipinski definition) is 7. The summed E-state index contributed by atoms with van der Waals surface area (Å²) < 4.78 is 7.76. The Kier molecular flexibility index (Phi) is 12.3. The van der Waals surface area contributed by atoms with Crippen LogP contribution >= 0.6 is 18.1 Å². The van der Waals surface area contributed by atoms with Crippen molar-refractivity contribution in [3.05, 3.63) is 151 Å². The normalized spacial score (nSPS) is 11.5. The van der Waals surface area contributed by atoms with Crippen LogP contribution in [0.2, 0.25) is 0 Å². The molecule has 2 N–H and O–H groups in total. The Morgan fingerprint density at radius 2 is 1.34 bits per heavy atom. The summed E-state index contributed by atoms with van der Waals surface area (Å²) in [6.45, 7) is 18.5. The molecule has 2 aliphatic heterocycles. The first-order valence-corrected chi connectivity index (χ1v) is 14.0. The van der Waals surface area contributed by atoms with Gasteiger partial charge in [0, 0.05) is 28.9 Å². The van der Waals surface area contributed by atoms with Gasteiger partial charge in [-0.25, -0.2) is 19.2 Å². The fourth-order valence-electron chi connectivity index (χ4n) is 4.09. The molecule has 2 heterocycles. The summed E-state index contributed by atoms with van der Waals surface area (Å²) in [6.07, 6.45) is 0. The van der Waals surface area contributed by atoms with Gasteiger partial charge >= 0.3 is 0 Å². The van der Waals surface area contributed by atoms with Gasteiger partial charge in [0.1, 0.15) is 0 Å². The SMILES string of the molecule is Nc1ccc2c(c1)CN=C2N=P.P=NC1=NCc2ccccc21.[C-]#[N+]c1ccc([N+](=O)[O-])cc1C.[C-]#[N+]c1ccccc1C. The van der Waals surface area contributed by atoms with Crippen molar-refractivity contribution < 1.29 is 4.92 Å². The standard InChI is InChI=1S/C8H8N3P.C8H6N2O2.C8H7N2P.C8H7N/c9-6-1-2-7-5(3-6)4-10-8(7)11-12;1-6-5-7(10(11)12)3-4-8(6)9-2;11-10-8-7-4-2-1-3-6(7)5-9-8;1-7-5-3-4-6-8(7)9-2/h1-3,12H,4,9H2;3-5H,1H3;1-4,11H,5H2;3-6H,1H3. The summed E-state index contributed by atoms with van der Waals surface area (Å²) in [5, 5.41) is 10.3. The van der Waals surface area contributed by atoms with E-state index in [9.17, 15) is 10.1 Å². The topological polar surface area (TPSA) is 127 Å². The second-order valence-corrected chi connectivity index (χ2v) is 9.76. The minimum atomic E-state index is -0.472. The fraction of sp³-hybridized carbons (Fsp3) is 0.125. The number of aryl methyl sites for hydroxylation is 2. The number of nitrogen functional groups attached to an aromatic ring is 1. The lowest BCUT2D eigenvalue weighted by atomic mass is 10.1. The zero-order valence-corrected chi connectivity index (χ0v) is 26.0. The van der Waals surface area contributed by atoms with Crippen molar-refractivity contribution >= 4 is 52.5 Å². The molecule has 10 nitrogen and oxygen atoms in total. The molecule has 0 aliphatic carbocycles. The van der Waals surface area contributed by atoms with E-state index in [2.05, 4.69) is 53.3 Å². The van der Waals surface area contributed by atoms with E-state index in [-0.39, 0.29) is 5.69 Å². The van der Waals surface area contributed by atoms with Gasteiger partial charge in [0.15, 0.2) is 23.0 Å². The van der Waals surface area contributed by atoms with Gasteiger partial charge in [0.05, 0.1) is 31.2 Å². The molecule has 2 aliphatic rings. The van der Waals surface area contributed by atoms with Crippen molar-refractivity contribution in [3.8, 4) is 0 Å². The number of nitrogens with two attached hydrogens (primary N) is 1. The average Bonchev–Trinajstić information content (AvgIpc) is 3.65. The predicted molar refractivity (Wildman–Crippen MR) is 181 cm³/mol. The quantitative estimate of drug-likeness (QED) is 0.0751. The predicted octanol–water partition coefficient (Wildman–Crippen LogP) is 9.13. The van der Waals surface area contributed by atoms with Gasteiger partial charge in [0.2, 0.25) is 0 Å². The van der Waals surface area contributed by atoms with Crippen molar-refractivity contribution in [1.82, 2.24) is 0 Å². The Hall–Kier alpha value is -5.40. The number of nitro benzene ring substituents is 1. The van der Waals surface area contributed by atoms with E-state index < -0.39 is 4.92 Å². The van der Waals surface area contributed by atoms with Crippen molar-refractivity contribution in [1.29, 1.82) is 0 Å². The van der Waals surface area contributed by atoms with Crippen LogP contribution in [0.15, 0.2) is 104 Å². The van der Waals surface area contributed by atoms with Crippen LogP contribution in [0, 0.1) is 37.1 Å². The highest BCUT2D eigenvalue weighted by Crippen LogP contribution is 2.24. The van der Waals surface area contributed by atoms with Crippen LogP contribution in [-0.4, -0.2) is 16.6 Å². The largest absolute Gasteiger partial charge is 0.399 e. The van der Waals surface area contributed by atoms with E-state index in [0.717, 1.165) is 51.8 Å². The summed E-state index contributed by atoms with van der Waals surface area (Å²) in [6, 6.07) is 25.6. The van der Waals surface area contributed by atoms with Gasteiger partial charge in [-0.3, -0.25) is 20.1 Å². The van der Waals surface area contributed by atoms with E-state index in [1.807, 2.05) is 67.6 Å². The fourth-order valence-corrected chi connectivity index (χ4v) is 4.47. The molecule has 218 valence electrons. The van der Waals surface area contributed by atoms with Gasteiger partial charge in [-0.1, -0.05) is 48.5 Å². The van der Waals surface area contributed by atoms with Crippen molar-refractivity contribution in [2.75, 3.05) is 5.73 Å². The zero-order valence-electron chi connectivity index (χ0n) is 24.0.